The van der Waals surface area contributed by atoms with E-state index in [0.29, 0.717) is 33.3 Å². The van der Waals surface area contributed by atoms with Crippen LogP contribution in [0.2, 0.25) is 0 Å². The summed E-state index contributed by atoms with van der Waals surface area (Å²) in [5.74, 6) is 0.103. The van der Waals surface area contributed by atoms with Crippen molar-refractivity contribution in [1.29, 1.82) is 0 Å². The van der Waals surface area contributed by atoms with Gasteiger partial charge in [-0.3, -0.25) is 0 Å². The van der Waals surface area contributed by atoms with Crippen LogP contribution in [0.4, 0.5) is 11.6 Å². The summed E-state index contributed by atoms with van der Waals surface area (Å²) in [4.78, 5) is 21.7. The van der Waals surface area contributed by atoms with E-state index >= 15 is 0 Å². The number of esters is 1. The third-order valence-corrected chi connectivity index (χ3v) is 4.58. The largest absolute Gasteiger partial charge is 0.462 e. The third-order valence-electron chi connectivity index (χ3n) is 3.49. The monoisotopic (exact) mass is 342 g/mol. The Balaban J connectivity index is 1.72. The molecule has 0 bridgehead atoms. The highest BCUT2D eigenvalue weighted by atomic mass is 32.1. The molecular formula is C17H18N4O2S. The van der Waals surface area contributed by atoms with Gasteiger partial charge in [0.15, 0.2) is 0 Å². The standard InChI is InChI=1S/C17H18N4O2S/c1-2-23-16(22)14-13(18)12-10-20-17(21-15(12)24-14)19-9-8-11-6-4-3-5-7-11/h3-7,10H,2,8-9,18H2,1H3,(H,19,20,21). The van der Waals surface area contributed by atoms with Gasteiger partial charge in [0.25, 0.3) is 0 Å². The summed E-state index contributed by atoms with van der Waals surface area (Å²) in [6.45, 7) is 2.79. The average Bonchev–Trinajstić information content (AvgIpc) is 2.93. The molecule has 0 aliphatic heterocycles. The highest BCUT2D eigenvalue weighted by Gasteiger charge is 2.18. The number of ether oxygens (including phenoxy) is 1. The molecule has 0 radical (unpaired) electrons. The van der Waals surface area contributed by atoms with E-state index < -0.39 is 5.97 Å². The number of carbonyl (C=O) groups excluding carboxylic acids is 1. The maximum atomic E-state index is 11.9. The minimum absolute atomic E-state index is 0.310. The third kappa shape index (κ3) is 3.46. The number of rotatable bonds is 6. The fourth-order valence-electron chi connectivity index (χ4n) is 2.30. The molecule has 3 aromatic rings. The molecule has 24 heavy (non-hydrogen) atoms. The van der Waals surface area contributed by atoms with Crippen LogP contribution in [0, 0.1) is 0 Å². The van der Waals surface area contributed by atoms with Crippen molar-refractivity contribution in [3.8, 4) is 0 Å². The van der Waals surface area contributed by atoms with E-state index in [-0.39, 0.29) is 0 Å². The highest BCUT2D eigenvalue weighted by Crippen LogP contribution is 2.32. The lowest BCUT2D eigenvalue weighted by atomic mass is 10.1. The maximum Gasteiger partial charge on any atom is 0.350 e. The van der Waals surface area contributed by atoms with Crippen molar-refractivity contribution in [3.63, 3.8) is 0 Å². The van der Waals surface area contributed by atoms with Crippen molar-refractivity contribution in [2.75, 3.05) is 24.2 Å². The number of benzene rings is 1. The molecule has 3 rings (SSSR count). The van der Waals surface area contributed by atoms with Crippen LogP contribution < -0.4 is 11.1 Å². The van der Waals surface area contributed by atoms with Crippen molar-refractivity contribution in [1.82, 2.24) is 9.97 Å². The average molecular weight is 342 g/mol. The second-order valence-electron chi connectivity index (χ2n) is 5.14. The van der Waals surface area contributed by atoms with Crippen LogP contribution >= 0.6 is 11.3 Å². The summed E-state index contributed by atoms with van der Waals surface area (Å²) in [7, 11) is 0. The maximum absolute atomic E-state index is 11.9. The molecule has 0 unspecified atom stereocenters. The van der Waals surface area contributed by atoms with E-state index in [9.17, 15) is 4.79 Å². The molecule has 3 N–H and O–H groups in total. The molecule has 0 atom stereocenters. The Morgan fingerprint density at radius 3 is 2.88 bits per heavy atom. The number of nitrogens with one attached hydrogen (secondary N) is 1. The molecule has 0 spiro atoms. The van der Waals surface area contributed by atoms with Crippen LogP contribution in [0.1, 0.15) is 22.2 Å². The van der Waals surface area contributed by atoms with Gasteiger partial charge in [0.05, 0.1) is 17.7 Å². The number of nitrogens with zero attached hydrogens (tertiary/aromatic N) is 2. The van der Waals surface area contributed by atoms with E-state index in [0.717, 1.165) is 13.0 Å². The van der Waals surface area contributed by atoms with Crippen LogP contribution in [0.3, 0.4) is 0 Å². The van der Waals surface area contributed by atoms with Gasteiger partial charge < -0.3 is 15.8 Å². The zero-order chi connectivity index (χ0) is 16.9. The summed E-state index contributed by atoms with van der Waals surface area (Å²) in [6, 6.07) is 10.2. The fraction of sp³-hybridized carbons (Fsp3) is 0.235. The summed E-state index contributed by atoms with van der Waals surface area (Å²) in [6.07, 6.45) is 2.52. The molecular weight excluding hydrogens is 324 g/mol. The number of aromatic nitrogens is 2. The van der Waals surface area contributed by atoms with Gasteiger partial charge in [0.1, 0.15) is 9.71 Å². The van der Waals surface area contributed by atoms with Crippen LogP contribution in [-0.4, -0.2) is 29.1 Å². The van der Waals surface area contributed by atoms with Crippen molar-refractivity contribution >= 4 is 39.2 Å². The quantitative estimate of drug-likeness (QED) is 0.669. The van der Waals surface area contributed by atoms with Crippen LogP contribution in [0.15, 0.2) is 36.5 Å². The second kappa shape index (κ2) is 7.27. The number of fused-ring (bicyclic) bond motifs is 1. The Morgan fingerprint density at radius 2 is 2.12 bits per heavy atom. The van der Waals surface area contributed by atoms with E-state index in [2.05, 4.69) is 27.4 Å². The van der Waals surface area contributed by atoms with Gasteiger partial charge in [-0.15, -0.1) is 11.3 Å². The number of anilines is 2. The zero-order valence-electron chi connectivity index (χ0n) is 13.3. The molecule has 0 aliphatic carbocycles. The number of hydrogen-bond donors (Lipinski definition) is 2. The Kier molecular flexibility index (Phi) is 4.90. The molecule has 1 aromatic carbocycles. The first-order valence-corrected chi connectivity index (χ1v) is 8.50. The Morgan fingerprint density at radius 1 is 1.33 bits per heavy atom. The number of nitrogen functional groups attached to an aromatic ring is 1. The summed E-state index contributed by atoms with van der Waals surface area (Å²) >= 11 is 1.23. The molecule has 6 nitrogen and oxygen atoms in total. The smallest absolute Gasteiger partial charge is 0.350 e. The topological polar surface area (TPSA) is 90.1 Å². The molecule has 0 saturated heterocycles. The minimum atomic E-state index is -0.420. The van der Waals surface area contributed by atoms with E-state index in [1.54, 1.807) is 13.1 Å². The van der Waals surface area contributed by atoms with Crippen LogP contribution in [0.5, 0.6) is 0 Å². The molecule has 0 amide bonds. The summed E-state index contributed by atoms with van der Waals surface area (Å²) < 4.78 is 5.01. The lowest BCUT2D eigenvalue weighted by molar-refractivity contribution is 0.0533. The molecule has 124 valence electrons. The Hall–Kier alpha value is -2.67. The van der Waals surface area contributed by atoms with Gasteiger partial charge >= 0.3 is 5.97 Å². The van der Waals surface area contributed by atoms with Gasteiger partial charge in [-0.2, -0.15) is 0 Å². The van der Waals surface area contributed by atoms with E-state index in [4.69, 9.17) is 10.5 Å². The van der Waals surface area contributed by atoms with Gasteiger partial charge in [-0.25, -0.2) is 14.8 Å². The second-order valence-corrected chi connectivity index (χ2v) is 6.14. The summed E-state index contributed by atoms with van der Waals surface area (Å²) in [5.41, 5.74) is 7.63. The Labute approximate surface area is 143 Å². The number of nitrogens with two attached hydrogens (primary N) is 1. The van der Waals surface area contributed by atoms with Gasteiger partial charge in [-0.05, 0) is 18.9 Å². The van der Waals surface area contributed by atoms with Crippen molar-refractivity contribution in [2.45, 2.75) is 13.3 Å². The molecule has 0 saturated carbocycles. The lowest BCUT2D eigenvalue weighted by Crippen LogP contribution is -2.07. The number of thiophene rings is 1. The number of carbonyl (C=O) groups is 1. The fourth-order valence-corrected chi connectivity index (χ4v) is 3.26. The van der Waals surface area contributed by atoms with Crippen molar-refractivity contribution < 1.29 is 9.53 Å². The molecule has 7 heteroatoms. The highest BCUT2D eigenvalue weighted by molar-refractivity contribution is 7.21. The first-order valence-electron chi connectivity index (χ1n) is 7.69. The molecule has 0 fully saturated rings. The summed E-state index contributed by atoms with van der Waals surface area (Å²) in [5, 5.41) is 3.87. The first kappa shape index (κ1) is 16.2. The van der Waals surface area contributed by atoms with E-state index in [1.807, 2.05) is 18.2 Å². The normalized spacial score (nSPS) is 10.7. The predicted octanol–water partition coefficient (Wildman–Crippen LogP) is 3.10. The van der Waals surface area contributed by atoms with E-state index in [1.165, 1.54) is 16.9 Å². The zero-order valence-corrected chi connectivity index (χ0v) is 14.1. The van der Waals surface area contributed by atoms with Gasteiger partial charge in [0.2, 0.25) is 5.95 Å². The number of hydrogen-bond acceptors (Lipinski definition) is 7. The van der Waals surface area contributed by atoms with Crippen molar-refractivity contribution in [3.05, 3.63) is 47.0 Å². The van der Waals surface area contributed by atoms with Crippen LogP contribution in [0.25, 0.3) is 10.2 Å². The van der Waals surface area contributed by atoms with Crippen molar-refractivity contribution in [2.24, 2.45) is 0 Å². The first-order chi connectivity index (χ1) is 11.7. The SMILES string of the molecule is CCOC(=O)c1sc2nc(NCCc3ccccc3)ncc2c1N. The van der Waals surface area contributed by atoms with Crippen LogP contribution in [-0.2, 0) is 11.2 Å². The van der Waals surface area contributed by atoms with Gasteiger partial charge in [-0.1, -0.05) is 30.3 Å². The lowest BCUT2D eigenvalue weighted by Gasteiger charge is -2.04. The Bertz CT molecular complexity index is 848. The van der Waals surface area contributed by atoms with Gasteiger partial charge in [0, 0.05) is 12.7 Å². The predicted molar refractivity (Wildman–Crippen MR) is 96.4 cm³/mol. The molecule has 0 aliphatic rings. The molecule has 2 aromatic heterocycles. The minimum Gasteiger partial charge on any atom is -0.462 e. The molecule has 2 heterocycles.